The summed E-state index contributed by atoms with van der Waals surface area (Å²) in [7, 11) is 1.68. The van der Waals surface area contributed by atoms with Gasteiger partial charge in [-0.05, 0) is 6.07 Å². The molecule has 0 aliphatic carbocycles. The minimum atomic E-state index is 0.247. The molecule has 0 aromatic carbocycles. The normalized spacial score (nSPS) is 12.2. The number of hydrogen-bond donors (Lipinski definition) is 2. The van der Waals surface area contributed by atoms with E-state index in [0.29, 0.717) is 13.0 Å². The Balaban J connectivity index is 2.34. The summed E-state index contributed by atoms with van der Waals surface area (Å²) in [5.74, 6) is 0.247. The average molecular weight is 255 g/mol. The lowest BCUT2D eigenvalue weighted by Gasteiger charge is -2.21. The lowest BCUT2D eigenvalue weighted by molar-refractivity contribution is 0.146. The number of hydrogen-bond acceptors (Lipinski definition) is 5. The third-order valence-corrected chi connectivity index (χ3v) is 2.63. The van der Waals surface area contributed by atoms with Gasteiger partial charge in [-0.3, -0.25) is 9.58 Å². The maximum Gasteiger partial charge on any atom is 0.140 e. The van der Waals surface area contributed by atoms with Crippen LogP contribution in [-0.4, -0.2) is 59.1 Å². The van der Waals surface area contributed by atoms with Crippen LogP contribution in [0.25, 0.3) is 0 Å². The molecule has 102 valence electrons. The predicted octanol–water partition coefficient (Wildman–Crippen LogP) is -0.0320. The van der Waals surface area contributed by atoms with Crippen LogP contribution < -0.4 is 5.73 Å². The van der Waals surface area contributed by atoms with E-state index in [0.717, 1.165) is 26.2 Å². The summed E-state index contributed by atoms with van der Waals surface area (Å²) in [6.45, 7) is 3.88. The third-order valence-electron chi connectivity index (χ3n) is 2.63. The Labute approximate surface area is 107 Å². The van der Waals surface area contributed by atoms with Crippen LogP contribution in [0.1, 0.15) is 6.42 Å². The molecular formula is C11H21N5O2. The van der Waals surface area contributed by atoms with Gasteiger partial charge in [0.15, 0.2) is 0 Å². The predicted molar refractivity (Wildman–Crippen MR) is 68.6 cm³/mol. The highest BCUT2D eigenvalue weighted by Gasteiger charge is 2.06. The molecule has 1 aromatic rings. The maximum atomic E-state index is 8.51. The summed E-state index contributed by atoms with van der Waals surface area (Å²) in [5.41, 5.74) is 5.47. The molecule has 0 aliphatic rings. The Bertz CT molecular complexity index is 339. The van der Waals surface area contributed by atoms with E-state index in [4.69, 9.17) is 15.7 Å². The van der Waals surface area contributed by atoms with Crippen LogP contribution in [0.15, 0.2) is 23.6 Å². The van der Waals surface area contributed by atoms with E-state index in [1.807, 2.05) is 16.9 Å². The van der Waals surface area contributed by atoms with Crippen LogP contribution in [0, 0.1) is 0 Å². The number of methoxy groups -OCH3 is 1. The Morgan fingerprint density at radius 1 is 1.50 bits per heavy atom. The first-order valence-corrected chi connectivity index (χ1v) is 5.91. The molecule has 0 bridgehead atoms. The quantitative estimate of drug-likeness (QED) is 0.280. The molecule has 0 atom stereocenters. The van der Waals surface area contributed by atoms with Crippen LogP contribution in [0.2, 0.25) is 0 Å². The molecule has 0 saturated carbocycles. The first-order chi connectivity index (χ1) is 8.76. The zero-order valence-corrected chi connectivity index (χ0v) is 10.7. The molecule has 0 saturated heterocycles. The monoisotopic (exact) mass is 255 g/mol. The van der Waals surface area contributed by atoms with E-state index in [-0.39, 0.29) is 5.84 Å². The number of oxime groups is 1. The minimum absolute atomic E-state index is 0.247. The highest BCUT2D eigenvalue weighted by molar-refractivity contribution is 5.79. The molecule has 1 aromatic heterocycles. The standard InChI is InChI=1S/C11H21N5O2/c1-18-10-9-15(6-3-11(12)14-17)7-8-16-5-2-4-13-16/h2,4-5,17H,3,6-10H2,1H3,(H2,12,14). The molecule has 0 radical (unpaired) electrons. The first-order valence-electron chi connectivity index (χ1n) is 5.91. The SMILES string of the molecule is COCCN(CCC(N)=NO)CCn1cccn1. The summed E-state index contributed by atoms with van der Waals surface area (Å²) >= 11 is 0. The first kappa shape index (κ1) is 14.5. The second kappa shape index (κ2) is 8.48. The number of nitrogens with two attached hydrogens (primary N) is 1. The Hall–Kier alpha value is -1.60. The van der Waals surface area contributed by atoms with Crippen LogP contribution in [0.4, 0.5) is 0 Å². The maximum absolute atomic E-state index is 8.51. The van der Waals surface area contributed by atoms with E-state index in [1.54, 1.807) is 13.3 Å². The van der Waals surface area contributed by atoms with Crippen LogP contribution in [-0.2, 0) is 11.3 Å². The molecule has 0 unspecified atom stereocenters. The smallest absolute Gasteiger partial charge is 0.140 e. The van der Waals surface area contributed by atoms with Crippen LogP contribution in [0.3, 0.4) is 0 Å². The van der Waals surface area contributed by atoms with Crippen LogP contribution >= 0.6 is 0 Å². The fourth-order valence-corrected chi connectivity index (χ4v) is 1.56. The van der Waals surface area contributed by atoms with Gasteiger partial charge in [-0.15, -0.1) is 0 Å². The largest absolute Gasteiger partial charge is 0.409 e. The fourth-order valence-electron chi connectivity index (χ4n) is 1.56. The molecule has 1 heterocycles. The molecule has 18 heavy (non-hydrogen) atoms. The number of nitrogens with zero attached hydrogens (tertiary/aromatic N) is 4. The topological polar surface area (TPSA) is 88.9 Å². The van der Waals surface area contributed by atoms with Gasteiger partial charge in [-0.25, -0.2) is 0 Å². The van der Waals surface area contributed by atoms with Crippen molar-refractivity contribution in [2.75, 3.05) is 33.4 Å². The van der Waals surface area contributed by atoms with Crippen molar-refractivity contribution < 1.29 is 9.94 Å². The van der Waals surface area contributed by atoms with Crippen molar-refractivity contribution in [3.63, 3.8) is 0 Å². The fraction of sp³-hybridized carbons (Fsp3) is 0.636. The Morgan fingerprint density at radius 2 is 2.33 bits per heavy atom. The van der Waals surface area contributed by atoms with E-state index < -0.39 is 0 Å². The van der Waals surface area contributed by atoms with Crippen molar-refractivity contribution in [3.8, 4) is 0 Å². The van der Waals surface area contributed by atoms with Gasteiger partial charge in [0.25, 0.3) is 0 Å². The van der Waals surface area contributed by atoms with Crippen molar-refractivity contribution >= 4 is 5.84 Å². The second-order valence-corrected chi connectivity index (χ2v) is 3.94. The van der Waals surface area contributed by atoms with Crippen molar-refractivity contribution in [1.82, 2.24) is 14.7 Å². The molecule has 0 spiro atoms. The van der Waals surface area contributed by atoms with Crippen molar-refractivity contribution in [1.29, 1.82) is 0 Å². The number of ether oxygens (including phenoxy) is 1. The average Bonchev–Trinajstić information content (AvgIpc) is 2.90. The Morgan fingerprint density at radius 3 is 2.94 bits per heavy atom. The summed E-state index contributed by atoms with van der Waals surface area (Å²) in [6.07, 6.45) is 4.23. The lowest BCUT2D eigenvalue weighted by atomic mass is 10.3. The molecule has 3 N–H and O–H groups in total. The van der Waals surface area contributed by atoms with Crippen molar-refractivity contribution in [2.24, 2.45) is 10.9 Å². The van der Waals surface area contributed by atoms with Crippen LogP contribution in [0.5, 0.6) is 0 Å². The minimum Gasteiger partial charge on any atom is -0.409 e. The molecule has 7 heteroatoms. The van der Waals surface area contributed by atoms with E-state index in [2.05, 4.69) is 15.2 Å². The van der Waals surface area contributed by atoms with E-state index in [9.17, 15) is 0 Å². The highest BCUT2D eigenvalue weighted by Crippen LogP contribution is 1.95. The molecular weight excluding hydrogens is 234 g/mol. The number of amidine groups is 1. The van der Waals surface area contributed by atoms with Gasteiger partial charge >= 0.3 is 0 Å². The molecule has 0 fully saturated rings. The molecule has 7 nitrogen and oxygen atoms in total. The molecule has 0 aliphatic heterocycles. The summed E-state index contributed by atoms with van der Waals surface area (Å²) in [6, 6.07) is 1.90. The second-order valence-electron chi connectivity index (χ2n) is 3.94. The van der Waals surface area contributed by atoms with Gasteiger partial charge < -0.3 is 15.7 Å². The van der Waals surface area contributed by atoms with Gasteiger partial charge in [0, 0.05) is 45.6 Å². The highest BCUT2D eigenvalue weighted by atomic mass is 16.5. The van der Waals surface area contributed by atoms with E-state index >= 15 is 0 Å². The summed E-state index contributed by atoms with van der Waals surface area (Å²) < 4.78 is 6.95. The summed E-state index contributed by atoms with van der Waals surface area (Å²) in [4.78, 5) is 2.20. The van der Waals surface area contributed by atoms with Gasteiger partial charge in [0.2, 0.25) is 0 Å². The number of aromatic nitrogens is 2. The molecule has 1 rings (SSSR count). The van der Waals surface area contributed by atoms with Gasteiger partial charge in [-0.1, -0.05) is 5.16 Å². The number of rotatable bonds is 9. The van der Waals surface area contributed by atoms with Gasteiger partial charge in [0.05, 0.1) is 13.2 Å². The van der Waals surface area contributed by atoms with Gasteiger partial charge in [0.1, 0.15) is 5.84 Å². The third kappa shape index (κ3) is 5.65. The lowest BCUT2D eigenvalue weighted by Crippen LogP contribution is -2.33. The zero-order chi connectivity index (χ0) is 13.2. The Kier molecular flexibility index (Phi) is 6.82. The van der Waals surface area contributed by atoms with E-state index in [1.165, 1.54) is 0 Å². The van der Waals surface area contributed by atoms with Crippen molar-refractivity contribution in [2.45, 2.75) is 13.0 Å². The zero-order valence-electron chi connectivity index (χ0n) is 10.7. The molecule has 0 amide bonds. The summed E-state index contributed by atoms with van der Waals surface area (Å²) in [5, 5.41) is 15.6. The van der Waals surface area contributed by atoms with Gasteiger partial charge in [-0.2, -0.15) is 5.10 Å². The van der Waals surface area contributed by atoms with Crippen molar-refractivity contribution in [3.05, 3.63) is 18.5 Å².